The molecule has 0 bridgehead atoms. The number of rotatable bonds is 4. The van der Waals surface area contributed by atoms with Gasteiger partial charge in [0.15, 0.2) is 0 Å². The molecule has 17 heavy (non-hydrogen) atoms. The monoisotopic (exact) mass is 303 g/mol. The molecule has 1 rings (SSSR count). The highest BCUT2D eigenvalue weighted by atomic mass is 79.9. The summed E-state index contributed by atoms with van der Waals surface area (Å²) >= 11 is 3.11. The predicted molar refractivity (Wildman–Crippen MR) is 71.9 cm³/mol. The third-order valence-corrected chi connectivity index (χ3v) is 2.79. The van der Waals surface area contributed by atoms with E-state index in [0.29, 0.717) is 10.2 Å². The Morgan fingerprint density at radius 2 is 2.06 bits per heavy atom. The summed E-state index contributed by atoms with van der Waals surface area (Å²) in [5.74, 6) is 0.243. The predicted octanol–water partition coefficient (Wildman–Crippen LogP) is 3.74. The van der Waals surface area contributed by atoms with E-state index in [2.05, 4.69) is 42.0 Å². The molecule has 0 saturated carbocycles. The van der Waals surface area contributed by atoms with Crippen molar-refractivity contribution in [1.82, 2.24) is 5.32 Å². The first-order valence-corrected chi connectivity index (χ1v) is 6.44. The van der Waals surface area contributed by atoms with Crippen molar-refractivity contribution in [2.45, 2.75) is 39.3 Å². The van der Waals surface area contributed by atoms with E-state index >= 15 is 0 Å². The van der Waals surface area contributed by atoms with Crippen molar-refractivity contribution in [2.24, 2.45) is 0 Å². The molecule has 0 aliphatic carbocycles. The topological polar surface area (TPSA) is 21.3 Å². The lowest BCUT2D eigenvalue weighted by Crippen LogP contribution is -2.41. The standard InChI is InChI=1S/C13H19BrFNO/c1-9(8-16-13(2,3)4)17-10-5-6-11(14)12(15)7-10/h5-7,9,16H,8H2,1-4H3. The van der Waals surface area contributed by atoms with Gasteiger partial charge >= 0.3 is 0 Å². The zero-order valence-corrected chi connectivity index (χ0v) is 12.3. The largest absolute Gasteiger partial charge is 0.489 e. The van der Waals surface area contributed by atoms with Gasteiger partial charge < -0.3 is 10.1 Å². The third-order valence-electron chi connectivity index (χ3n) is 2.15. The molecule has 1 N–H and O–H groups in total. The Morgan fingerprint density at radius 1 is 1.41 bits per heavy atom. The molecule has 0 radical (unpaired) electrons. The van der Waals surface area contributed by atoms with Gasteiger partial charge in [0.2, 0.25) is 0 Å². The Bertz CT molecular complexity index is 376. The van der Waals surface area contributed by atoms with Gasteiger partial charge in [0, 0.05) is 18.2 Å². The second kappa shape index (κ2) is 5.83. The Hall–Kier alpha value is -0.610. The maximum atomic E-state index is 13.3. The van der Waals surface area contributed by atoms with E-state index in [9.17, 15) is 4.39 Å². The second-order valence-electron chi connectivity index (χ2n) is 5.14. The molecule has 0 aromatic heterocycles. The molecule has 96 valence electrons. The highest BCUT2D eigenvalue weighted by molar-refractivity contribution is 9.10. The quantitative estimate of drug-likeness (QED) is 0.915. The highest BCUT2D eigenvalue weighted by Crippen LogP contribution is 2.21. The molecule has 1 unspecified atom stereocenters. The second-order valence-corrected chi connectivity index (χ2v) is 5.99. The fourth-order valence-electron chi connectivity index (χ4n) is 1.27. The van der Waals surface area contributed by atoms with Gasteiger partial charge in [-0.25, -0.2) is 4.39 Å². The van der Waals surface area contributed by atoms with Crippen LogP contribution in [0.4, 0.5) is 4.39 Å². The van der Waals surface area contributed by atoms with Crippen molar-refractivity contribution in [1.29, 1.82) is 0 Å². The summed E-state index contributed by atoms with van der Waals surface area (Å²) in [5.41, 5.74) is 0.0581. The molecule has 0 heterocycles. The van der Waals surface area contributed by atoms with Crippen LogP contribution in [0.5, 0.6) is 5.75 Å². The first-order valence-electron chi connectivity index (χ1n) is 5.64. The summed E-state index contributed by atoms with van der Waals surface area (Å²) in [5, 5.41) is 3.34. The zero-order chi connectivity index (χ0) is 13.1. The maximum Gasteiger partial charge on any atom is 0.141 e. The van der Waals surface area contributed by atoms with Gasteiger partial charge in [-0.05, 0) is 55.8 Å². The Kier molecular flexibility index (Phi) is 4.95. The molecule has 0 spiro atoms. The fourth-order valence-corrected chi connectivity index (χ4v) is 1.52. The van der Waals surface area contributed by atoms with Gasteiger partial charge in [0.1, 0.15) is 17.7 Å². The van der Waals surface area contributed by atoms with Crippen molar-refractivity contribution in [3.63, 3.8) is 0 Å². The molecule has 0 aliphatic rings. The van der Waals surface area contributed by atoms with Gasteiger partial charge in [-0.1, -0.05) is 0 Å². The summed E-state index contributed by atoms with van der Waals surface area (Å²) in [7, 11) is 0. The average Bonchev–Trinajstić information content (AvgIpc) is 2.20. The molecule has 1 aromatic carbocycles. The van der Waals surface area contributed by atoms with Crippen molar-refractivity contribution >= 4 is 15.9 Å². The third kappa shape index (κ3) is 5.50. The first kappa shape index (κ1) is 14.5. The summed E-state index contributed by atoms with van der Waals surface area (Å²) in [6.45, 7) is 8.97. The van der Waals surface area contributed by atoms with Gasteiger partial charge in [-0.2, -0.15) is 0 Å². The van der Waals surface area contributed by atoms with Crippen LogP contribution in [0.2, 0.25) is 0 Å². The number of hydrogen-bond acceptors (Lipinski definition) is 2. The molecular weight excluding hydrogens is 285 g/mol. The van der Waals surface area contributed by atoms with Crippen molar-refractivity contribution < 1.29 is 9.13 Å². The molecule has 0 fully saturated rings. The molecule has 1 atom stereocenters. The molecule has 1 aromatic rings. The fraction of sp³-hybridized carbons (Fsp3) is 0.538. The van der Waals surface area contributed by atoms with Crippen LogP contribution in [0.25, 0.3) is 0 Å². The minimum absolute atomic E-state index is 0.00481. The maximum absolute atomic E-state index is 13.3. The van der Waals surface area contributed by atoms with Gasteiger partial charge in [0.25, 0.3) is 0 Å². The zero-order valence-electron chi connectivity index (χ0n) is 10.7. The van der Waals surface area contributed by atoms with Crippen molar-refractivity contribution in [3.05, 3.63) is 28.5 Å². The first-order chi connectivity index (χ1) is 7.78. The normalized spacial score (nSPS) is 13.5. The van der Waals surface area contributed by atoms with Gasteiger partial charge in [0.05, 0.1) is 4.47 Å². The molecule has 2 nitrogen and oxygen atoms in total. The van der Waals surface area contributed by atoms with Crippen molar-refractivity contribution in [2.75, 3.05) is 6.54 Å². The highest BCUT2D eigenvalue weighted by Gasteiger charge is 2.12. The number of nitrogens with one attached hydrogen (secondary N) is 1. The number of benzene rings is 1. The van der Waals surface area contributed by atoms with E-state index in [1.807, 2.05) is 6.92 Å². The SMILES string of the molecule is CC(CNC(C)(C)C)Oc1ccc(Br)c(F)c1. The molecular formula is C13H19BrFNO. The van der Waals surface area contributed by atoms with Crippen LogP contribution < -0.4 is 10.1 Å². The minimum Gasteiger partial charge on any atom is -0.489 e. The summed E-state index contributed by atoms with van der Waals surface area (Å²) in [4.78, 5) is 0. The molecule has 0 amide bonds. The minimum atomic E-state index is -0.307. The lowest BCUT2D eigenvalue weighted by atomic mass is 10.1. The summed E-state index contributed by atoms with van der Waals surface area (Å²) in [6, 6.07) is 4.78. The van der Waals surface area contributed by atoms with E-state index in [1.54, 1.807) is 12.1 Å². The number of hydrogen-bond donors (Lipinski definition) is 1. The van der Waals surface area contributed by atoms with Crippen molar-refractivity contribution in [3.8, 4) is 5.75 Å². The van der Waals surface area contributed by atoms with Crippen LogP contribution in [0.3, 0.4) is 0 Å². The molecule has 0 saturated heterocycles. The number of halogens is 2. The molecule has 0 aliphatic heterocycles. The van der Waals surface area contributed by atoms with E-state index in [1.165, 1.54) is 6.07 Å². The van der Waals surface area contributed by atoms with Crippen LogP contribution in [0.15, 0.2) is 22.7 Å². The smallest absolute Gasteiger partial charge is 0.141 e. The van der Waals surface area contributed by atoms with E-state index in [-0.39, 0.29) is 17.5 Å². The van der Waals surface area contributed by atoms with Gasteiger partial charge in [-0.3, -0.25) is 0 Å². The Labute approximate surface area is 111 Å². The summed E-state index contributed by atoms with van der Waals surface area (Å²) in [6.07, 6.45) is -0.00481. The lowest BCUT2D eigenvalue weighted by molar-refractivity contribution is 0.202. The van der Waals surface area contributed by atoms with Crippen LogP contribution in [0.1, 0.15) is 27.7 Å². The average molecular weight is 304 g/mol. The molecule has 4 heteroatoms. The lowest BCUT2D eigenvalue weighted by Gasteiger charge is -2.24. The van der Waals surface area contributed by atoms with E-state index in [0.717, 1.165) is 6.54 Å². The van der Waals surface area contributed by atoms with E-state index < -0.39 is 0 Å². The van der Waals surface area contributed by atoms with Crippen LogP contribution in [-0.4, -0.2) is 18.2 Å². The van der Waals surface area contributed by atoms with Crippen LogP contribution >= 0.6 is 15.9 Å². The van der Waals surface area contributed by atoms with Gasteiger partial charge in [-0.15, -0.1) is 0 Å². The van der Waals surface area contributed by atoms with Crippen LogP contribution in [-0.2, 0) is 0 Å². The number of ether oxygens (including phenoxy) is 1. The van der Waals surface area contributed by atoms with E-state index in [4.69, 9.17) is 4.74 Å². The Morgan fingerprint density at radius 3 is 2.59 bits per heavy atom. The summed E-state index contributed by atoms with van der Waals surface area (Å²) < 4.78 is 19.3. The van der Waals surface area contributed by atoms with Crippen LogP contribution in [0, 0.1) is 5.82 Å². The Balaban J connectivity index is 2.50.